The maximum absolute atomic E-state index is 9.52. The second-order valence-corrected chi connectivity index (χ2v) is 6.89. The summed E-state index contributed by atoms with van der Waals surface area (Å²) in [6.07, 6.45) is 0. The van der Waals surface area contributed by atoms with Crippen LogP contribution < -0.4 is 5.32 Å². The second kappa shape index (κ2) is 8.27. The number of fused-ring (bicyclic) bond motifs is 1. The lowest BCUT2D eigenvalue weighted by atomic mass is 9.99. The Bertz CT molecular complexity index is 1190. The summed E-state index contributed by atoms with van der Waals surface area (Å²) < 4.78 is 1.93. The number of nitrogens with one attached hydrogen (secondary N) is 1. The van der Waals surface area contributed by atoms with Gasteiger partial charge in [-0.05, 0) is 35.7 Å². The molecule has 4 aromatic rings. The molecule has 0 fully saturated rings. The number of rotatable bonds is 6. The first-order chi connectivity index (χ1) is 14.2. The number of hydrogen-bond donors (Lipinski definition) is 2. The van der Waals surface area contributed by atoms with Crippen molar-refractivity contribution in [2.75, 3.05) is 13.2 Å². The van der Waals surface area contributed by atoms with Crippen LogP contribution in [0.3, 0.4) is 0 Å². The predicted molar refractivity (Wildman–Crippen MR) is 115 cm³/mol. The minimum atomic E-state index is 0.0675. The number of aromatic nitrogens is 2. The molecule has 3 aromatic carbocycles. The van der Waals surface area contributed by atoms with Gasteiger partial charge in [-0.25, -0.2) is 4.68 Å². The van der Waals surface area contributed by atoms with Gasteiger partial charge < -0.3 is 10.4 Å². The summed E-state index contributed by atoms with van der Waals surface area (Å²) in [6.45, 7) is 3.20. The largest absolute Gasteiger partial charge is 0.395 e. The van der Waals surface area contributed by atoms with Crippen LogP contribution in [0, 0.1) is 18.3 Å². The Hall–Kier alpha value is -3.46. The number of aliphatic hydroxyl groups excluding tert-OH is 1. The molecule has 2 N–H and O–H groups in total. The first-order valence-corrected chi connectivity index (χ1v) is 9.62. The fourth-order valence-corrected chi connectivity index (χ4v) is 3.69. The van der Waals surface area contributed by atoms with Crippen LogP contribution in [0.15, 0.2) is 66.7 Å². The molecule has 144 valence electrons. The molecule has 0 aliphatic carbocycles. The van der Waals surface area contributed by atoms with Crippen molar-refractivity contribution in [2.24, 2.45) is 0 Å². The van der Waals surface area contributed by atoms with E-state index in [1.54, 1.807) is 6.07 Å². The Morgan fingerprint density at radius 1 is 1.03 bits per heavy atom. The summed E-state index contributed by atoms with van der Waals surface area (Å²) in [5, 5.41) is 27.7. The zero-order valence-electron chi connectivity index (χ0n) is 16.3. The van der Waals surface area contributed by atoms with Gasteiger partial charge in [0.2, 0.25) is 0 Å². The van der Waals surface area contributed by atoms with E-state index in [-0.39, 0.29) is 6.61 Å². The van der Waals surface area contributed by atoms with Crippen LogP contribution in [-0.2, 0) is 6.54 Å². The standard InChI is InChI=1S/C24H22N4O/c1-17-20(18-7-3-2-4-8-18)10-6-12-22(17)28-23(16-26-13-14-29)21-11-5-9-19(15-25)24(21)27-28/h2-12,26,29H,13-14,16H2,1H3. The Balaban J connectivity index is 1.92. The Labute approximate surface area is 169 Å². The molecule has 29 heavy (non-hydrogen) atoms. The van der Waals surface area contributed by atoms with E-state index >= 15 is 0 Å². The van der Waals surface area contributed by atoms with Gasteiger partial charge in [0.25, 0.3) is 0 Å². The van der Waals surface area contributed by atoms with Crippen molar-refractivity contribution in [3.63, 3.8) is 0 Å². The van der Waals surface area contributed by atoms with E-state index in [2.05, 4.69) is 42.6 Å². The second-order valence-electron chi connectivity index (χ2n) is 6.89. The number of nitrogens with zero attached hydrogens (tertiary/aromatic N) is 3. The normalized spacial score (nSPS) is 10.9. The fourth-order valence-electron chi connectivity index (χ4n) is 3.69. The number of hydrogen-bond acceptors (Lipinski definition) is 4. The highest BCUT2D eigenvalue weighted by molar-refractivity contribution is 5.87. The molecule has 5 heteroatoms. The average Bonchev–Trinajstić information content (AvgIpc) is 3.13. The van der Waals surface area contributed by atoms with Gasteiger partial charge in [-0.3, -0.25) is 0 Å². The molecule has 0 atom stereocenters. The number of nitriles is 1. The molecule has 0 aliphatic rings. The average molecular weight is 382 g/mol. The minimum absolute atomic E-state index is 0.0675. The lowest BCUT2D eigenvalue weighted by Crippen LogP contribution is -2.20. The molecule has 4 rings (SSSR count). The topological polar surface area (TPSA) is 73.9 Å². The zero-order valence-corrected chi connectivity index (χ0v) is 16.3. The van der Waals surface area contributed by atoms with Gasteiger partial charge in [-0.1, -0.05) is 54.6 Å². The summed E-state index contributed by atoms with van der Waals surface area (Å²) >= 11 is 0. The number of aliphatic hydroxyl groups is 1. The third-order valence-electron chi connectivity index (χ3n) is 5.12. The molecule has 0 saturated heterocycles. The van der Waals surface area contributed by atoms with Crippen LogP contribution in [0.1, 0.15) is 16.8 Å². The van der Waals surface area contributed by atoms with Crippen molar-refractivity contribution in [1.82, 2.24) is 15.1 Å². The van der Waals surface area contributed by atoms with E-state index in [0.717, 1.165) is 33.5 Å². The van der Waals surface area contributed by atoms with Crippen molar-refractivity contribution >= 4 is 10.9 Å². The van der Waals surface area contributed by atoms with Gasteiger partial charge >= 0.3 is 0 Å². The Morgan fingerprint density at radius 3 is 2.59 bits per heavy atom. The van der Waals surface area contributed by atoms with Crippen LogP contribution in [0.4, 0.5) is 0 Å². The third-order valence-corrected chi connectivity index (χ3v) is 5.12. The van der Waals surface area contributed by atoms with Crippen LogP contribution in [0.5, 0.6) is 0 Å². The third kappa shape index (κ3) is 3.52. The summed E-state index contributed by atoms with van der Waals surface area (Å²) in [6, 6.07) is 24.4. The predicted octanol–water partition coefficient (Wildman–Crippen LogP) is 3.95. The van der Waals surface area contributed by atoms with E-state index in [9.17, 15) is 5.26 Å². The first kappa shape index (κ1) is 18.9. The van der Waals surface area contributed by atoms with Gasteiger partial charge in [-0.15, -0.1) is 0 Å². The quantitative estimate of drug-likeness (QED) is 0.495. The molecule has 1 heterocycles. The lowest BCUT2D eigenvalue weighted by Gasteiger charge is -2.14. The molecular formula is C24H22N4O. The Kier molecular flexibility index (Phi) is 5.39. The van der Waals surface area contributed by atoms with Gasteiger partial charge in [0.05, 0.1) is 23.6 Å². The van der Waals surface area contributed by atoms with Crippen LogP contribution in [0.25, 0.3) is 27.7 Å². The van der Waals surface area contributed by atoms with Crippen LogP contribution in [0.2, 0.25) is 0 Å². The smallest absolute Gasteiger partial charge is 0.111 e. The summed E-state index contributed by atoms with van der Waals surface area (Å²) in [7, 11) is 0. The van der Waals surface area contributed by atoms with Crippen molar-refractivity contribution < 1.29 is 5.11 Å². The molecule has 0 saturated carbocycles. The SMILES string of the molecule is Cc1c(-c2ccccc2)cccc1-n1nc2c(C#N)cccc2c1CNCCO. The molecule has 0 radical (unpaired) electrons. The molecule has 0 aliphatic heterocycles. The maximum Gasteiger partial charge on any atom is 0.111 e. The fraction of sp³-hybridized carbons (Fsp3) is 0.167. The van der Waals surface area contributed by atoms with Gasteiger partial charge in [0, 0.05) is 18.5 Å². The summed E-state index contributed by atoms with van der Waals surface area (Å²) in [4.78, 5) is 0. The van der Waals surface area contributed by atoms with Gasteiger partial charge in [0.15, 0.2) is 0 Å². The summed E-state index contributed by atoms with van der Waals surface area (Å²) in [5.41, 5.74) is 6.63. The molecular weight excluding hydrogens is 360 g/mol. The highest BCUT2D eigenvalue weighted by atomic mass is 16.3. The number of benzene rings is 3. The molecule has 0 amide bonds. The van der Waals surface area contributed by atoms with Gasteiger partial charge in [0.1, 0.15) is 11.6 Å². The molecule has 1 aromatic heterocycles. The van der Waals surface area contributed by atoms with Crippen LogP contribution in [-0.4, -0.2) is 28.0 Å². The van der Waals surface area contributed by atoms with Crippen LogP contribution >= 0.6 is 0 Å². The lowest BCUT2D eigenvalue weighted by molar-refractivity contribution is 0.291. The minimum Gasteiger partial charge on any atom is -0.395 e. The van der Waals surface area contributed by atoms with E-state index in [1.165, 1.54) is 0 Å². The summed E-state index contributed by atoms with van der Waals surface area (Å²) in [5.74, 6) is 0. The van der Waals surface area contributed by atoms with Crippen molar-refractivity contribution in [3.05, 3.63) is 83.6 Å². The molecule has 5 nitrogen and oxygen atoms in total. The maximum atomic E-state index is 9.52. The highest BCUT2D eigenvalue weighted by Crippen LogP contribution is 2.30. The molecule has 0 spiro atoms. The molecule has 0 unspecified atom stereocenters. The van der Waals surface area contributed by atoms with E-state index < -0.39 is 0 Å². The van der Waals surface area contributed by atoms with Gasteiger partial charge in [-0.2, -0.15) is 10.4 Å². The van der Waals surface area contributed by atoms with E-state index in [1.807, 2.05) is 41.1 Å². The molecule has 0 bridgehead atoms. The van der Waals surface area contributed by atoms with E-state index in [4.69, 9.17) is 10.2 Å². The zero-order chi connectivity index (χ0) is 20.2. The van der Waals surface area contributed by atoms with Crippen molar-refractivity contribution in [3.8, 4) is 22.9 Å². The van der Waals surface area contributed by atoms with Crippen molar-refractivity contribution in [2.45, 2.75) is 13.5 Å². The first-order valence-electron chi connectivity index (χ1n) is 9.62. The van der Waals surface area contributed by atoms with E-state index in [0.29, 0.717) is 24.2 Å². The monoisotopic (exact) mass is 382 g/mol. The van der Waals surface area contributed by atoms with Crippen molar-refractivity contribution in [1.29, 1.82) is 5.26 Å². The Morgan fingerprint density at radius 2 is 1.83 bits per heavy atom. The highest BCUT2D eigenvalue weighted by Gasteiger charge is 2.17.